The van der Waals surface area contributed by atoms with Crippen molar-refractivity contribution in [1.29, 1.82) is 0 Å². The van der Waals surface area contributed by atoms with E-state index in [1.54, 1.807) is 0 Å². The first kappa shape index (κ1) is 20.2. The highest BCUT2D eigenvalue weighted by Gasteiger charge is 2.18. The number of rotatable bonds is 3. The van der Waals surface area contributed by atoms with E-state index >= 15 is 0 Å². The Morgan fingerprint density at radius 3 is 2.00 bits per heavy atom. The third kappa shape index (κ3) is 7.52. The SMILES string of the molecule is CC.CC1CC(=O)N1.NC(=O)OCc1ccc(-c2ccccc2)cc1. The fourth-order valence-corrected chi connectivity index (χ4v) is 2.11. The number of ether oxygens (including phenoxy) is 1. The monoisotopic (exact) mass is 342 g/mol. The number of carbonyl (C=O) groups excluding carboxylic acids is 2. The van der Waals surface area contributed by atoms with Crippen LogP contribution in [0.5, 0.6) is 0 Å². The van der Waals surface area contributed by atoms with Crippen LogP contribution in [0.1, 0.15) is 32.8 Å². The van der Waals surface area contributed by atoms with Gasteiger partial charge in [-0.15, -0.1) is 0 Å². The zero-order valence-electron chi connectivity index (χ0n) is 15.0. The molecule has 2 amide bonds. The van der Waals surface area contributed by atoms with Crippen molar-refractivity contribution in [3.05, 3.63) is 60.2 Å². The van der Waals surface area contributed by atoms with E-state index in [0.29, 0.717) is 6.04 Å². The van der Waals surface area contributed by atoms with Crippen LogP contribution in [-0.4, -0.2) is 18.0 Å². The molecule has 2 aromatic rings. The van der Waals surface area contributed by atoms with Crippen molar-refractivity contribution >= 4 is 12.0 Å². The molecule has 0 aliphatic carbocycles. The minimum absolute atomic E-state index is 0.183. The van der Waals surface area contributed by atoms with Crippen LogP contribution in [0.4, 0.5) is 4.79 Å². The van der Waals surface area contributed by atoms with Crippen molar-refractivity contribution < 1.29 is 14.3 Å². The lowest BCUT2D eigenvalue weighted by atomic mass is 10.0. The molecule has 0 aromatic heterocycles. The predicted octanol–water partition coefficient (Wildman–Crippen LogP) is 3.87. The smallest absolute Gasteiger partial charge is 0.404 e. The van der Waals surface area contributed by atoms with Gasteiger partial charge >= 0.3 is 6.09 Å². The Labute approximate surface area is 149 Å². The van der Waals surface area contributed by atoms with Crippen LogP contribution in [0.2, 0.25) is 0 Å². The lowest BCUT2D eigenvalue weighted by molar-refractivity contribution is -0.127. The fraction of sp³-hybridized carbons (Fsp3) is 0.300. The highest BCUT2D eigenvalue weighted by Crippen LogP contribution is 2.19. The summed E-state index contributed by atoms with van der Waals surface area (Å²) in [5.41, 5.74) is 8.11. The Morgan fingerprint density at radius 1 is 1.08 bits per heavy atom. The van der Waals surface area contributed by atoms with E-state index in [1.807, 2.05) is 63.2 Å². The van der Waals surface area contributed by atoms with Crippen molar-refractivity contribution in [2.75, 3.05) is 0 Å². The van der Waals surface area contributed by atoms with Gasteiger partial charge in [0, 0.05) is 12.5 Å². The first-order valence-electron chi connectivity index (χ1n) is 8.40. The maximum Gasteiger partial charge on any atom is 0.404 e. The van der Waals surface area contributed by atoms with E-state index in [-0.39, 0.29) is 12.5 Å². The molecule has 3 rings (SSSR count). The molecule has 0 bridgehead atoms. The first-order valence-corrected chi connectivity index (χ1v) is 8.40. The molecule has 1 heterocycles. The van der Waals surface area contributed by atoms with Gasteiger partial charge in [-0.05, 0) is 23.6 Å². The van der Waals surface area contributed by atoms with Gasteiger partial charge < -0.3 is 15.8 Å². The Morgan fingerprint density at radius 2 is 1.60 bits per heavy atom. The largest absolute Gasteiger partial charge is 0.445 e. The number of primary amides is 1. The molecule has 3 N–H and O–H groups in total. The summed E-state index contributed by atoms with van der Waals surface area (Å²) in [6.45, 7) is 6.20. The number of hydrogen-bond donors (Lipinski definition) is 2. The molecular weight excluding hydrogens is 316 g/mol. The van der Waals surface area contributed by atoms with E-state index in [9.17, 15) is 9.59 Å². The van der Waals surface area contributed by atoms with Gasteiger partial charge in [-0.2, -0.15) is 0 Å². The van der Waals surface area contributed by atoms with Gasteiger partial charge in [0.15, 0.2) is 0 Å². The Kier molecular flexibility index (Phi) is 8.79. The summed E-state index contributed by atoms with van der Waals surface area (Å²) in [6, 6.07) is 18.4. The molecule has 5 heteroatoms. The third-order valence-electron chi connectivity index (χ3n) is 3.34. The Balaban J connectivity index is 0.000000326. The standard InChI is InChI=1S/C14H13NO2.C4H7NO.C2H6/c15-14(16)17-10-11-6-8-13(9-7-11)12-4-2-1-3-5-12;1-3-2-4(6)5-3;1-2/h1-9H,10H2,(H2,15,16);3H,2H2,1H3,(H,5,6);1-2H3. The summed E-state index contributed by atoms with van der Waals surface area (Å²) in [4.78, 5) is 20.5. The molecule has 1 aliphatic heterocycles. The molecule has 1 saturated heterocycles. The normalized spacial score (nSPS) is 14.5. The highest BCUT2D eigenvalue weighted by molar-refractivity contribution is 5.82. The second kappa shape index (κ2) is 10.9. The number of hydrogen-bond acceptors (Lipinski definition) is 3. The van der Waals surface area contributed by atoms with Gasteiger partial charge in [0.1, 0.15) is 6.61 Å². The maximum absolute atomic E-state index is 10.5. The van der Waals surface area contributed by atoms with Crippen LogP contribution in [-0.2, 0) is 16.1 Å². The maximum atomic E-state index is 10.5. The van der Waals surface area contributed by atoms with Crippen LogP contribution in [0.15, 0.2) is 54.6 Å². The first-order chi connectivity index (χ1) is 12.0. The van der Waals surface area contributed by atoms with E-state index in [4.69, 9.17) is 10.5 Å². The summed E-state index contributed by atoms with van der Waals surface area (Å²) < 4.78 is 4.71. The van der Waals surface area contributed by atoms with Crippen LogP contribution in [0.25, 0.3) is 11.1 Å². The zero-order chi connectivity index (χ0) is 18.7. The minimum Gasteiger partial charge on any atom is -0.445 e. The van der Waals surface area contributed by atoms with Gasteiger partial charge in [0.05, 0.1) is 0 Å². The molecule has 0 radical (unpaired) electrons. The third-order valence-corrected chi connectivity index (χ3v) is 3.34. The van der Waals surface area contributed by atoms with Crippen molar-refractivity contribution in [3.63, 3.8) is 0 Å². The summed E-state index contributed by atoms with van der Waals surface area (Å²) in [6.07, 6.45) is -0.0304. The minimum atomic E-state index is -0.753. The average Bonchev–Trinajstić information content (AvgIpc) is 2.62. The van der Waals surface area contributed by atoms with E-state index in [0.717, 1.165) is 23.1 Å². The number of nitrogens with one attached hydrogen (secondary N) is 1. The van der Waals surface area contributed by atoms with Crippen molar-refractivity contribution in [2.45, 2.75) is 39.8 Å². The molecule has 134 valence electrons. The quantitative estimate of drug-likeness (QED) is 0.831. The van der Waals surface area contributed by atoms with E-state index < -0.39 is 6.09 Å². The van der Waals surface area contributed by atoms with Gasteiger partial charge in [-0.1, -0.05) is 68.4 Å². The summed E-state index contributed by atoms with van der Waals surface area (Å²) >= 11 is 0. The average molecular weight is 342 g/mol. The lowest BCUT2D eigenvalue weighted by Crippen LogP contribution is -2.46. The van der Waals surface area contributed by atoms with Crippen LogP contribution in [0, 0.1) is 0 Å². The van der Waals surface area contributed by atoms with Gasteiger partial charge in [0.2, 0.25) is 5.91 Å². The zero-order valence-corrected chi connectivity index (χ0v) is 15.0. The van der Waals surface area contributed by atoms with E-state index in [2.05, 4.69) is 17.4 Å². The molecule has 1 aliphatic rings. The van der Waals surface area contributed by atoms with E-state index in [1.165, 1.54) is 0 Å². The van der Waals surface area contributed by atoms with Crippen molar-refractivity contribution in [3.8, 4) is 11.1 Å². The number of carbonyl (C=O) groups is 2. The lowest BCUT2D eigenvalue weighted by Gasteiger charge is -2.21. The van der Waals surface area contributed by atoms with Crippen LogP contribution in [0.3, 0.4) is 0 Å². The topological polar surface area (TPSA) is 81.4 Å². The highest BCUT2D eigenvalue weighted by atomic mass is 16.5. The number of amides is 2. The van der Waals surface area contributed by atoms with Crippen LogP contribution < -0.4 is 11.1 Å². The molecule has 1 unspecified atom stereocenters. The number of benzene rings is 2. The summed E-state index contributed by atoms with van der Waals surface area (Å²) in [7, 11) is 0. The molecule has 0 saturated carbocycles. The molecule has 2 aromatic carbocycles. The summed E-state index contributed by atoms with van der Waals surface area (Å²) in [5, 5.41) is 2.67. The molecule has 5 nitrogen and oxygen atoms in total. The summed E-state index contributed by atoms with van der Waals surface area (Å²) in [5.74, 6) is 0.183. The van der Waals surface area contributed by atoms with Crippen molar-refractivity contribution in [2.24, 2.45) is 5.73 Å². The Bertz CT molecular complexity index is 646. The molecular formula is C20H26N2O3. The second-order valence-corrected chi connectivity index (χ2v) is 5.34. The predicted molar refractivity (Wildman–Crippen MR) is 99.8 cm³/mol. The number of nitrogens with two attached hydrogens (primary N) is 1. The van der Waals surface area contributed by atoms with Crippen LogP contribution >= 0.6 is 0 Å². The molecule has 1 fully saturated rings. The fourth-order valence-electron chi connectivity index (χ4n) is 2.11. The second-order valence-electron chi connectivity index (χ2n) is 5.34. The van der Waals surface area contributed by atoms with Crippen molar-refractivity contribution in [1.82, 2.24) is 5.32 Å². The number of β-lactam (4-membered cyclic amide) rings is 1. The Hall–Kier alpha value is -2.82. The molecule has 0 spiro atoms. The van der Waals surface area contributed by atoms with Gasteiger partial charge in [-0.25, -0.2) is 4.79 Å². The van der Waals surface area contributed by atoms with Gasteiger partial charge in [0.25, 0.3) is 0 Å². The molecule has 1 atom stereocenters. The van der Waals surface area contributed by atoms with Gasteiger partial charge in [-0.3, -0.25) is 4.79 Å². The molecule has 25 heavy (non-hydrogen) atoms.